The van der Waals surface area contributed by atoms with E-state index in [4.69, 9.17) is 9.47 Å². The Bertz CT molecular complexity index is 1130. The second-order valence-corrected chi connectivity index (χ2v) is 23.3. The molecule has 0 bridgehead atoms. The van der Waals surface area contributed by atoms with Gasteiger partial charge in [-0.2, -0.15) is 0 Å². The minimum absolute atomic E-state index is 0.0570. The molecule has 0 fully saturated rings. The largest absolute Gasteiger partial charge is 0.462 e. The Balaban J connectivity index is 3.34. The lowest BCUT2D eigenvalue weighted by atomic mass is 10.0. The third kappa shape index (κ3) is 62.9. The first-order valence-corrected chi connectivity index (χ1v) is 33.9. The second kappa shape index (κ2) is 65.7. The molecule has 5 heteroatoms. The minimum atomic E-state index is -0.766. The van der Waals surface area contributed by atoms with Crippen LogP contribution in [-0.2, 0) is 19.1 Å². The van der Waals surface area contributed by atoms with Crippen molar-refractivity contribution in [3.63, 3.8) is 0 Å². The van der Waals surface area contributed by atoms with Gasteiger partial charge in [-0.1, -0.05) is 353 Å². The van der Waals surface area contributed by atoms with E-state index in [1.54, 1.807) is 0 Å². The number of aliphatic hydroxyl groups excluding tert-OH is 1. The van der Waals surface area contributed by atoms with E-state index < -0.39 is 6.10 Å². The van der Waals surface area contributed by atoms with E-state index in [2.05, 4.69) is 38.2 Å². The third-order valence-electron chi connectivity index (χ3n) is 15.7. The van der Waals surface area contributed by atoms with Crippen LogP contribution < -0.4 is 0 Å². The van der Waals surface area contributed by atoms with Crippen molar-refractivity contribution in [2.75, 3.05) is 13.2 Å². The number of carbonyl (C=O) groups is 2. The Kier molecular flexibility index (Phi) is 64.2. The number of carbonyl (C=O) groups excluding carboxylic acids is 2. The molecule has 74 heavy (non-hydrogen) atoms. The second-order valence-electron chi connectivity index (χ2n) is 23.3. The first-order valence-electron chi connectivity index (χ1n) is 33.9. The fourth-order valence-corrected chi connectivity index (χ4v) is 10.7. The summed E-state index contributed by atoms with van der Waals surface area (Å²) in [5, 5.41) is 9.67. The highest BCUT2D eigenvalue weighted by atomic mass is 16.6. The summed E-state index contributed by atoms with van der Waals surface area (Å²) in [6.45, 7) is 4.19. The Morgan fingerprint density at radius 1 is 0.311 bits per heavy atom. The summed E-state index contributed by atoms with van der Waals surface area (Å²) >= 11 is 0. The molecule has 0 radical (unpaired) electrons. The summed E-state index contributed by atoms with van der Waals surface area (Å²) in [6.07, 6.45) is 85.1. The predicted octanol–water partition coefficient (Wildman–Crippen LogP) is 23.2. The van der Waals surface area contributed by atoms with Gasteiger partial charge >= 0.3 is 11.9 Å². The summed E-state index contributed by atoms with van der Waals surface area (Å²) in [6, 6.07) is 0. The van der Waals surface area contributed by atoms with Crippen LogP contribution in [0.4, 0.5) is 0 Å². The molecule has 0 aromatic rings. The lowest BCUT2D eigenvalue weighted by Crippen LogP contribution is -2.28. The number of allylic oxidation sites excluding steroid dienone is 4. The molecule has 1 N–H and O–H groups in total. The molecule has 0 aliphatic heterocycles. The molecule has 0 amide bonds. The van der Waals surface area contributed by atoms with E-state index in [9.17, 15) is 14.7 Å². The number of rotatable bonds is 64. The topological polar surface area (TPSA) is 72.8 Å². The van der Waals surface area contributed by atoms with Crippen LogP contribution >= 0.6 is 0 Å². The van der Waals surface area contributed by atoms with Crippen LogP contribution in [0.5, 0.6) is 0 Å². The zero-order valence-corrected chi connectivity index (χ0v) is 50.4. The van der Waals surface area contributed by atoms with Gasteiger partial charge in [-0.15, -0.1) is 0 Å². The number of hydrogen-bond acceptors (Lipinski definition) is 5. The smallest absolute Gasteiger partial charge is 0.306 e. The maximum absolute atomic E-state index is 12.3. The molecule has 0 rings (SSSR count). The fraction of sp³-hybridized carbons (Fsp3) is 0.913. The van der Waals surface area contributed by atoms with Gasteiger partial charge in [0.1, 0.15) is 6.61 Å². The maximum atomic E-state index is 12.3. The molecular weight excluding hydrogens is 909 g/mol. The predicted molar refractivity (Wildman–Crippen MR) is 325 cm³/mol. The van der Waals surface area contributed by atoms with Crippen LogP contribution in [0.3, 0.4) is 0 Å². The molecule has 0 heterocycles. The first-order chi connectivity index (χ1) is 36.6. The molecule has 0 aromatic carbocycles. The highest BCUT2D eigenvalue weighted by molar-refractivity contribution is 5.70. The van der Waals surface area contributed by atoms with E-state index in [0.29, 0.717) is 12.8 Å². The maximum Gasteiger partial charge on any atom is 0.306 e. The molecule has 438 valence electrons. The van der Waals surface area contributed by atoms with Crippen molar-refractivity contribution in [3.05, 3.63) is 24.3 Å². The molecule has 0 saturated carbocycles. The molecule has 0 aliphatic carbocycles. The monoisotopic (exact) mass is 1040 g/mol. The molecule has 1 unspecified atom stereocenters. The average Bonchev–Trinajstić information content (AvgIpc) is 3.40. The van der Waals surface area contributed by atoms with Crippen LogP contribution in [-0.4, -0.2) is 36.4 Å². The van der Waals surface area contributed by atoms with Crippen LogP contribution in [0.15, 0.2) is 24.3 Å². The Morgan fingerprint density at radius 2 is 0.541 bits per heavy atom. The number of aliphatic hydroxyl groups is 1. The Hall–Kier alpha value is -1.62. The summed E-state index contributed by atoms with van der Waals surface area (Å²) < 4.78 is 10.7. The van der Waals surface area contributed by atoms with Crippen molar-refractivity contribution in [2.45, 2.75) is 392 Å². The van der Waals surface area contributed by atoms with Crippen molar-refractivity contribution in [2.24, 2.45) is 0 Å². The zero-order chi connectivity index (χ0) is 53.4. The summed E-state index contributed by atoms with van der Waals surface area (Å²) in [5.74, 6) is -0.564. The molecule has 0 saturated heterocycles. The number of unbranched alkanes of at least 4 members (excludes halogenated alkanes) is 52. The molecule has 0 aromatic heterocycles. The highest BCUT2D eigenvalue weighted by Crippen LogP contribution is 2.19. The lowest BCUT2D eigenvalue weighted by Gasteiger charge is -2.15. The van der Waals surface area contributed by atoms with Crippen molar-refractivity contribution in [1.29, 1.82) is 0 Å². The van der Waals surface area contributed by atoms with Crippen LogP contribution in [0, 0.1) is 0 Å². The van der Waals surface area contributed by atoms with Crippen molar-refractivity contribution in [1.82, 2.24) is 0 Å². The lowest BCUT2D eigenvalue weighted by molar-refractivity contribution is -0.161. The van der Waals surface area contributed by atoms with Crippen molar-refractivity contribution >= 4 is 11.9 Å². The molecular formula is C69H132O5. The number of ether oxygens (including phenoxy) is 2. The molecule has 1 atom stereocenters. The quantitative estimate of drug-likeness (QED) is 0.0373. The summed E-state index contributed by atoms with van der Waals surface area (Å²) in [7, 11) is 0. The van der Waals surface area contributed by atoms with E-state index in [1.165, 1.54) is 321 Å². The van der Waals surface area contributed by atoms with Gasteiger partial charge in [0.2, 0.25) is 0 Å². The van der Waals surface area contributed by atoms with Gasteiger partial charge in [0.15, 0.2) is 6.10 Å². The normalized spacial score (nSPS) is 12.2. The Morgan fingerprint density at radius 3 is 0.797 bits per heavy atom. The molecule has 5 nitrogen and oxygen atoms in total. The van der Waals surface area contributed by atoms with Gasteiger partial charge in [0.25, 0.3) is 0 Å². The average molecular weight is 1040 g/mol. The van der Waals surface area contributed by atoms with Gasteiger partial charge in [-0.25, -0.2) is 0 Å². The SMILES string of the molecule is CCCCCCC/C=C\C/C=C\CCCCCCCCCCCCCCCCCCCCCCCCCCCCCCCC(=O)OC(CO)COC(=O)CCCCCCCCCCCCCCCCCCCCC. The van der Waals surface area contributed by atoms with Gasteiger partial charge in [0, 0.05) is 12.8 Å². The molecule has 0 aliphatic rings. The van der Waals surface area contributed by atoms with Crippen LogP contribution in [0.25, 0.3) is 0 Å². The zero-order valence-electron chi connectivity index (χ0n) is 50.4. The summed E-state index contributed by atoms with van der Waals surface area (Å²) in [5.41, 5.74) is 0. The Labute approximate surface area is 464 Å². The standard InChI is InChI=1S/C69H132O5/c1-3-5-7-9-11-13-15-17-19-21-23-24-25-26-27-28-29-30-31-32-33-34-35-36-37-38-39-40-41-42-43-44-46-48-50-52-54-56-58-60-62-64-69(72)74-67(65-70)66-73-68(71)63-61-59-57-55-53-51-49-47-45-22-20-18-16-14-12-10-8-6-4-2/h15,17,21,23,67,70H,3-14,16,18-20,22,24-66H2,1-2H3/b17-15-,23-21-. The summed E-state index contributed by atoms with van der Waals surface area (Å²) in [4.78, 5) is 24.6. The fourth-order valence-electron chi connectivity index (χ4n) is 10.7. The highest BCUT2D eigenvalue weighted by Gasteiger charge is 2.16. The van der Waals surface area contributed by atoms with Crippen LogP contribution in [0.1, 0.15) is 386 Å². The minimum Gasteiger partial charge on any atom is -0.462 e. The van der Waals surface area contributed by atoms with Gasteiger partial charge in [0.05, 0.1) is 6.61 Å². The third-order valence-corrected chi connectivity index (χ3v) is 15.7. The van der Waals surface area contributed by atoms with E-state index in [0.717, 1.165) is 38.5 Å². The van der Waals surface area contributed by atoms with Crippen molar-refractivity contribution in [3.8, 4) is 0 Å². The first kappa shape index (κ1) is 72.4. The van der Waals surface area contributed by atoms with Gasteiger partial charge in [-0.3, -0.25) is 9.59 Å². The van der Waals surface area contributed by atoms with E-state index >= 15 is 0 Å². The van der Waals surface area contributed by atoms with Crippen LogP contribution in [0.2, 0.25) is 0 Å². The van der Waals surface area contributed by atoms with Gasteiger partial charge < -0.3 is 14.6 Å². The number of esters is 2. The number of hydrogen-bond donors (Lipinski definition) is 1. The van der Waals surface area contributed by atoms with Crippen molar-refractivity contribution < 1.29 is 24.2 Å². The van der Waals surface area contributed by atoms with Gasteiger partial charge in [-0.05, 0) is 44.9 Å². The van der Waals surface area contributed by atoms with E-state index in [-0.39, 0.29) is 25.2 Å². The molecule has 0 spiro atoms. The van der Waals surface area contributed by atoms with E-state index in [1.807, 2.05) is 0 Å².